The van der Waals surface area contributed by atoms with E-state index in [1.165, 1.54) is 4.90 Å². The number of aromatic nitrogens is 1. The van der Waals surface area contributed by atoms with E-state index in [4.69, 9.17) is 18.9 Å². The number of methoxy groups -OCH3 is 1. The van der Waals surface area contributed by atoms with Crippen molar-refractivity contribution in [1.82, 2.24) is 25.2 Å². The van der Waals surface area contributed by atoms with Crippen LogP contribution in [0.1, 0.15) is 92.4 Å². The summed E-state index contributed by atoms with van der Waals surface area (Å²) in [5, 5.41) is 6.27. The Morgan fingerprint density at radius 1 is 1.12 bits per heavy atom. The van der Waals surface area contributed by atoms with Gasteiger partial charge in [-0.05, 0) is 101 Å². The number of carbonyl (C=O) groups excluding carboxylic acids is 4. The maximum Gasteiger partial charge on any atom is 0.408 e. The molecule has 306 valence electrons. The van der Waals surface area contributed by atoms with Gasteiger partial charge in [-0.1, -0.05) is 25.0 Å². The fourth-order valence-electron chi connectivity index (χ4n) is 7.24. The van der Waals surface area contributed by atoms with Crippen LogP contribution in [0.25, 0.3) is 10.9 Å². The first-order valence-electron chi connectivity index (χ1n) is 19.2. The zero-order valence-corrected chi connectivity index (χ0v) is 35.1. The predicted octanol–water partition coefficient (Wildman–Crippen LogP) is 5.04. The van der Waals surface area contributed by atoms with Crippen molar-refractivity contribution in [3.63, 3.8) is 0 Å². The highest BCUT2D eigenvalue weighted by Gasteiger charge is 2.63. The van der Waals surface area contributed by atoms with Crippen molar-refractivity contribution >= 4 is 60.7 Å². The lowest BCUT2D eigenvalue weighted by Crippen LogP contribution is -2.58. The molecule has 2 saturated carbocycles. The summed E-state index contributed by atoms with van der Waals surface area (Å²) in [6.45, 7) is 8.89. The van der Waals surface area contributed by atoms with Crippen molar-refractivity contribution in [2.45, 2.75) is 126 Å². The summed E-state index contributed by atoms with van der Waals surface area (Å²) in [5.41, 5.74) is -1.84. The molecule has 3 fully saturated rings. The number of pyridine rings is 1. The predicted molar refractivity (Wildman–Crippen MR) is 211 cm³/mol. The third kappa shape index (κ3) is 8.88. The van der Waals surface area contributed by atoms with E-state index in [9.17, 15) is 27.6 Å². The molecule has 3 N–H and O–H groups in total. The number of fused-ring (bicyclic) bond motifs is 3. The third-order valence-electron chi connectivity index (χ3n) is 10.8. The Morgan fingerprint density at radius 2 is 1.88 bits per heavy atom. The summed E-state index contributed by atoms with van der Waals surface area (Å²) >= 11 is 3.58. The van der Waals surface area contributed by atoms with Crippen LogP contribution >= 0.6 is 15.9 Å². The fraction of sp³-hybridized carbons (Fsp3) is 0.615. The van der Waals surface area contributed by atoms with Gasteiger partial charge in [0, 0.05) is 23.8 Å². The molecule has 56 heavy (non-hydrogen) atoms. The third-order valence-corrected chi connectivity index (χ3v) is 13.7. The Morgan fingerprint density at radius 3 is 2.55 bits per heavy atom. The molecule has 0 spiro atoms. The van der Waals surface area contributed by atoms with Crippen molar-refractivity contribution in [1.29, 1.82) is 0 Å². The molecule has 2 aromatic rings. The summed E-state index contributed by atoms with van der Waals surface area (Å²) in [5.74, 6) is -1.17. The van der Waals surface area contributed by atoms with Crippen LogP contribution in [-0.4, -0.2) is 96.5 Å². The van der Waals surface area contributed by atoms with Crippen LogP contribution in [0.4, 0.5) is 4.79 Å². The molecule has 4 aliphatic rings. The molecule has 1 aromatic heterocycles. The molecule has 17 heteroatoms. The monoisotopic (exact) mass is 861 g/mol. The Hall–Kier alpha value is -4.12. The quantitative estimate of drug-likeness (QED) is 0.287. The standard InChI is InChI=1S/C39H52BrN5O10S/c1-7-53-30-20-29(25-15-16-28(52-6)31(40)32(25)42-30)54-24-19-27-33(46)43-39(35(48)44-56(50,51)38(5)17-18-38)21-23(39)13-11-9-8-10-12-14-26(34(47)45(27)22-24)41-36(49)55-37(2,3)4/h11,13,15-16,20,23-24,26-27H,7-10,12,14,17-19,21-22H2,1-6H3,(H,41,49)(H,43,46)(H,44,48)/b13-11-/t23?,24-,26+,27+,39-/m1/s1. The number of ether oxygens (including phenoxy) is 4. The molecular formula is C39H52BrN5O10S. The largest absolute Gasteiger partial charge is 0.495 e. The zero-order chi connectivity index (χ0) is 40.6. The van der Waals surface area contributed by atoms with Gasteiger partial charge < -0.3 is 34.5 Å². The Labute approximate surface area is 336 Å². The van der Waals surface area contributed by atoms with E-state index in [2.05, 4.69) is 36.3 Å². The summed E-state index contributed by atoms with van der Waals surface area (Å²) in [6, 6.07) is 3.04. The second-order valence-electron chi connectivity index (χ2n) is 16.3. The van der Waals surface area contributed by atoms with Gasteiger partial charge in [0.25, 0.3) is 5.91 Å². The molecule has 5 atom stereocenters. The summed E-state index contributed by atoms with van der Waals surface area (Å²) in [7, 11) is -2.46. The van der Waals surface area contributed by atoms with Gasteiger partial charge in [0.05, 0.1) is 35.0 Å². The first-order valence-corrected chi connectivity index (χ1v) is 21.5. The molecule has 0 radical (unpaired) electrons. The van der Waals surface area contributed by atoms with Gasteiger partial charge in [-0.2, -0.15) is 0 Å². The smallest absolute Gasteiger partial charge is 0.408 e. The lowest BCUT2D eigenvalue weighted by atomic mass is 10.0. The summed E-state index contributed by atoms with van der Waals surface area (Å²) < 4.78 is 51.5. The first-order chi connectivity index (χ1) is 26.4. The maximum absolute atomic E-state index is 14.6. The van der Waals surface area contributed by atoms with Gasteiger partial charge >= 0.3 is 6.09 Å². The number of hydrogen-bond donors (Lipinski definition) is 3. The SMILES string of the molecule is CCOc1cc(O[C@@H]2C[C@H]3C(=O)N[C@]4(C(=O)NS(=O)(=O)C5(C)CC5)CC4/C=C\CCCCC[C@H](NC(=O)OC(C)(C)C)C(=O)N3C2)c2ccc(OC)c(Br)c2n1. The lowest BCUT2D eigenvalue weighted by molar-refractivity contribution is -0.141. The fourth-order valence-corrected chi connectivity index (χ4v) is 9.15. The average Bonchev–Trinajstić information content (AvgIpc) is 4.00. The number of benzene rings is 1. The number of allylic oxidation sites excluding steroid dienone is 1. The minimum atomic E-state index is -4.00. The van der Waals surface area contributed by atoms with E-state index in [1.54, 1.807) is 53.0 Å². The number of rotatable bonds is 9. The summed E-state index contributed by atoms with van der Waals surface area (Å²) in [4.78, 5) is 62.1. The molecule has 1 aromatic carbocycles. The maximum atomic E-state index is 14.6. The van der Waals surface area contributed by atoms with E-state index >= 15 is 0 Å². The van der Waals surface area contributed by atoms with Crippen LogP contribution < -0.4 is 29.6 Å². The number of carbonyl (C=O) groups is 4. The van der Waals surface area contributed by atoms with Crippen molar-refractivity contribution in [3.8, 4) is 17.4 Å². The van der Waals surface area contributed by atoms with Crippen LogP contribution in [0, 0.1) is 5.92 Å². The van der Waals surface area contributed by atoms with E-state index < -0.39 is 73.8 Å². The number of sulfonamides is 1. The normalized spacial score (nSPS) is 27.0. The molecule has 2 aliphatic heterocycles. The van der Waals surface area contributed by atoms with E-state index in [-0.39, 0.29) is 19.4 Å². The molecule has 4 amide bonds. The second-order valence-corrected chi connectivity index (χ2v) is 19.3. The molecular weight excluding hydrogens is 810 g/mol. The van der Waals surface area contributed by atoms with E-state index in [1.807, 2.05) is 19.1 Å². The van der Waals surface area contributed by atoms with Gasteiger partial charge in [-0.25, -0.2) is 18.2 Å². The van der Waals surface area contributed by atoms with Gasteiger partial charge in [0.15, 0.2) is 0 Å². The Kier molecular flexibility index (Phi) is 11.9. The molecule has 1 unspecified atom stereocenters. The van der Waals surface area contributed by atoms with Crippen molar-refractivity contribution in [3.05, 3.63) is 34.8 Å². The van der Waals surface area contributed by atoms with E-state index in [0.29, 0.717) is 71.5 Å². The highest BCUT2D eigenvalue weighted by Crippen LogP contribution is 2.48. The van der Waals surface area contributed by atoms with Crippen LogP contribution in [-0.2, 0) is 29.1 Å². The minimum absolute atomic E-state index is 0.0242. The topological polar surface area (TPSA) is 192 Å². The van der Waals surface area contributed by atoms with Crippen LogP contribution in [0.3, 0.4) is 0 Å². The van der Waals surface area contributed by atoms with E-state index in [0.717, 1.165) is 12.8 Å². The summed E-state index contributed by atoms with van der Waals surface area (Å²) in [6.07, 6.45) is 6.51. The second kappa shape index (κ2) is 16.0. The lowest BCUT2D eigenvalue weighted by Gasteiger charge is -2.30. The molecule has 15 nitrogen and oxygen atoms in total. The molecule has 2 aliphatic carbocycles. The molecule has 0 bridgehead atoms. The first kappa shape index (κ1) is 41.5. The number of alkyl carbamates (subject to hydrolysis) is 1. The number of amides is 4. The van der Waals surface area contributed by atoms with Crippen LogP contribution in [0.15, 0.2) is 34.8 Å². The van der Waals surface area contributed by atoms with Gasteiger partial charge in [0.2, 0.25) is 27.7 Å². The van der Waals surface area contributed by atoms with Crippen molar-refractivity contribution < 1.29 is 46.5 Å². The minimum Gasteiger partial charge on any atom is -0.495 e. The van der Waals surface area contributed by atoms with Crippen molar-refractivity contribution in [2.24, 2.45) is 5.92 Å². The number of hydrogen-bond acceptors (Lipinski definition) is 11. The highest BCUT2D eigenvalue weighted by molar-refractivity contribution is 9.10. The number of nitrogens with zero attached hydrogens (tertiary/aromatic N) is 2. The zero-order valence-electron chi connectivity index (χ0n) is 32.7. The highest BCUT2D eigenvalue weighted by atomic mass is 79.9. The van der Waals surface area contributed by atoms with Crippen LogP contribution in [0.5, 0.6) is 17.4 Å². The van der Waals surface area contributed by atoms with Crippen LogP contribution in [0.2, 0.25) is 0 Å². The van der Waals surface area contributed by atoms with Crippen molar-refractivity contribution in [2.75, 3.05) is 20.3 Å². The van der Waals surface area contributed by atoms with Gasteiger partial charge in [0.1, 0.15) is 40.8 Å². The van der Waals surface area contributed by atoms with Gasteiger partial charge in [-0.3, -0.25) is 19.1 Å². The number of nitrogens with one attached hydrogen (secondary N) is 3. The average molecular weight is 863 g/mol. The number of halogens is 1. The molecule has 6 rings (SSSR count). The Balaban J connectivity index is 1.35. The molecule has 1 saturated heterocycles. The van der Waals surface area contributed by atoms with Gasteiger partial charge in [-0.15, -0.1) is 0 Å². The Bertz CT molecular complexity index is 2020. The molecule has 3 heterocycles.